The molecule has 0 radical (unpaired) electrons. The zero-order valence-electron chi connectivity index (χ0n) is 14.4. The van der Waals surface area contributed by atoms with Crippen molar-refractivity contribution in [2.24, 2.45) is 0 Å². The first-order valence-corrected chi connectivity index (χ1v) is 9.39. The summed E-state index contributed by atoms with van der Waals surface area (Å²) in [5, 5.41) is 9.04. The van der Waals surface area contributed by atoms with Gasteiger partial charge in [-0.05, 0) is 24.5 Å². The number of hydrogen-bond acceptors (Lipinski definition) is 5. The lowest BCUT2D eigenvalue weighted by Crippen LogP contribution is -2.37. The lowest BCUT2D eigenvalue weighted by atomic mass is 10.1. The highest BCUT2D eigenvalue weighted by Crippen LogP contribution is 2.26. The number of rotatable bonds is 8. The Bertz CT molecular complexity index is 775. The summed E-state index contributed by atoms with van der Waals surface area (Å²) in [5.41, 5.74) is 7.17. The van der Waals surface area contributed by atoms with Crippen molar-refractivity contribution in [3.05, 3.63) is 51.7 Å². The van der Waals surface area contributed by atoms with E-state index in [4.69, 9.17) is 15.6 Å². The number of likely N-dealkylation sites (tertiary alicyclic amines) is 1. The molecule has 3 N–H and O–H groups in total. The van der Waals surface area contributed by atoms with Gasteiger partial charge in [-0.3, -0.25) is 4.79 Å². The Labute approximate surface area is 156 Å². The Kier molecular flexibility index (Phi) is 5.90. The van der Waals surface area contributed by atoms with Crippen molar-refractivity contribution < 1.29 is 19.4 Å². The molecular weight excluding hydrogens is 352 g/mol. The molecule has 1 aliphatic heterocycles. The van der Waals surface area contributed by atoms with Crippen molar-refractivity contribution in [3.63, 3.8) is 0 Å². The molecule has 1 aromatic carbocycles. The second-order valence-corrected chi connectivity index (χ2v) is 7.47. The lowest BCUT2D eigenvalue weighted by Gasteiger charge is -2.24. The molecule has 3 rings (SSSR count). The van der Waals surface area contributed by atoms with E-state index in [9.17, 15) is 9.59 Å². The Morgan fingerprint density at radius 1 is 1.35 bits per heavy atom. The van der Waals surface area contributed by atoms with Crippen molar-refractivity contribution >= 4 is 28.9 Å². The van der Waals surface area contributed by atoms with Crippen LogP contribution >= 0.6 is 11.3 Å². The number of hydrogen-bond donors (Lipinski definition) is 2. The predicted molar refractivity (Wildman–Crippen MR) is 100 cm³/mol. The highest BCUT2D eigenvalue weighted by Gasteiger charge is 2.30. The fraction of sp³-hybridized carbons (Fsp3) is 0.368. The van der Waals surface area contributed by atoms with Crippen molar-refractivity contribution in [2.75, 3.05) is 18.9 Å². The minimum absolute atomic E-state index is 0.0717. The second-order valence-electron chi connectivity index (χ2n) is 6.33. The molecule has 1 saturated heterocycles. The third-order valence-corrected chi connectivity index (χ3v) is 5.61. The molecule has 0 bridgehead atoms. The van der Waals surface area contributed by atoms with Crippen molar-refractivity contribution in [2.45, 2.75) is 31.9 Å². The van der Waals surface area contributed by atoms with Crippen LogP contribution in [0.2, 0.25) is 0 Å². The minimum Gasteiger partial charge on any atom is -0.477 e. The normalized spacial score (nSPS) is 17.0. The molecule has 1 fully saturated rings. The predicted octanol–water partition coefficient (Wildman–Crippen LogP) is 2.78. The number of aromatic carboxylic acids is 1. The number of carbonyl (C=O) groups excluding carboxylic acids is 1. The van der Waals surface area contributed by atoms with Crippen LogP contribution in [0.5, 0.6) is 0 Å². The lowest BCUT2D eigenvalue weighted by molar-refractivity contribution is -0.129. The van der Waals surface area contributed by atoms with Crippen LogP contribution in [0.25, 0.3) is 0 Å². The van der Waals surface area contributed by atoms with E-state index in [1.54, 1.807) is 6.07 Å². The van der Waals surface area contributed by atoms with Crippen molar-refractivity contribution in [1.82, 2.24) is 4.90 Å². The van der Waals surface area contributed by atoms with E-state index in [0.717, 1.165) is 29.1 Å². The van der Waals surface area contributed by atoms with Gasteiger partial charge in [0.25, 0.3) is 0 Å². The van der Waals surface area contributed by atoms with Gasteiger partial charge in [-0.25, -0.2) is 4.79 Å². The molecule has 0 aliphatic carbocycles. The van der Waals surface area contributed by atoms with Gasteiger partial charge in [0.2, 0.25) is 5.91 Å². The van der Waals surface area contributed by atoms with Crippen LogP contribution in [0.1, 0.15) is 33.0 Å². The average Bonchev–Trinajstić information content (AvgIpc) is 3.17. The average molecular weight is 374 g/mol. The topological polar surface area (TPSA) is 92.9 Å². The summed E-state index contributed by atoms with van der Waals surface area (Å²) in [5.74, 6) is -0.852. The quantitative estimate of drug-likeness (QED) is 0.741. The number of nitrogens with zero attached hydrogens (tertiary/aromatic N) is 1. The van der Waals surface area contributed by atoms with E-state index < -0.39 is 5.97 Å². The first-order chi connectivity index (χ1) is 12.5. The molecule has 6 nitrogen and oxygen atoms in total. The van der Waals surface area contributed by atoms with Gasteiger partial charge >= 0.3 is 5.97 Å². The highest BCUT2D eigenvalue weighted by atomic mass is 32.1. The maximum absolute atomic E-state index is 12.2. The Morgan fingerprint density at radius 3 is 2.81 bits per heavy atom. The molecule has 26 heavy (non-hydrogen) atoms. The van der Waals surface area contributed by atoms with Gasteiger partial charge in [0.1, 0.15) is 4.88 Å². The second kappa shape index (κ2) is 8.33. The molecule has 0 unspecified atom stereocenters. The molecular formula is C19H22N2O4S. The maximum atomic E-state index is 12.2. The van der Waals surface area contributed by atoms with E-state index in [1.165, 1.54) is 5.56 Å². The summed E-state index contributed by atoms with van der Waals surface area (Å²) in [6, 6.07) is 11.8. The third-order valence-electron chi connectivity index (χ3n) is 4.50. The highest BCUT2D eigenvalue weighted by molar-refractivity contribution is 7.14. The molecule has 0 saturated carbocycles. The first kappa shape index (κ1) is 18.4. The zero-order valence-corrected chi connectivity index (χ0v) is 15.2. The molecule has 2 aromatic rings. The summed E-state index contributed by atoms with van der Waals surface area (Å²) < 4.78 is 5.75. The van der Waals surface area contributed by atoms with Gasteiger partial charge in [0.05, 0.1) is 24.9 Å². The molecule has 1 amide bonds. The van der Waals surface area contributed by atoms with Gasteiger partial charge in [-0.1, -0.05) is 30.3 Å². The smallest absolute Gasteiger partial charge is 0.348 e. The summed E-state index contributed by atoms with van der Waals surface area (Å²) >= 11 is 1.13. The summed E-state index contributed by atoms with van der Waals surface area (Å²) in [6.45, 7) is 1.44. The minimum atomic E-state index is -1.02. The molecule has 0 spiro atoms. The standard InChI is InChI=1S/C19H22N2O4S/c20-16-10-15(26-18(16)19(23)24)12-25-11-14-6-7-17(22)21(14)9-8-13-4-2-1-3-5-13/h1-5,10,14H,6-9,11-12,20H2,(H,23,24)/t14-/m1/s1. The van der Waals surface area contributed by atoms with E-state index in [1.807, 2.05) is 23.1 Å². The van der Waals surface area contributed by atoms with Crippen LogP contribution in [0.3, 0.4) is 0 Å². The molecule has 2 heterocycles. The molecule has 1 aliphatic rings. The zero-order chi connectivity index (χ0) is 18.5. The first-order valence-electron chi connectivity index (χ1n) is 8.57. The number of anilines is 1. The Morgan fingerprint density at radius 2 is 2.12 bits per heavy atom. The molecule has 7 heteroatoms. The van der Waals surface area contributed by atoms with E-state index in [2.05, 4.69) is 12.1 Å². The van der Waals surface area contributed by atoms with E-state index in [-0.39, 0.29) is 22.5 Å². The van der Waals surface area contributed by atoms with E-state index in [0.29, 0.717) is 26.2 Å². The number of nitrogen functional groups attached to an aromatic ring is 1. The summed E-state index contributed by atoms with van der Waals surface area (Å²) in [6.07, 6.45) is 2.17. The number of carboxylic acid groups (broad SMARTS) is 1. The summed E-state index contributed by atoms with van der Waals surface area (Å²) in [4.78, 5) is 26.0. The van der Waals surface area contributed by atoms with Crippen LogP contribution < -0.4 is 5.73 Å². The Balaban J connectivity index is 1.51. The van der Waals surface area contributed by atoms with Gasteiger partial charge < -0.3 is 20.5 Å². The third kappa shape index (κ3) is 4.42. The molecule has 1 aromatic heterocycles. The maximum Gasteiger partial charge on any atom is 0.348 e. The van der Waals surface area contributed by atoms with E-state index >= 15 is 0 Å². The Hall–Kier alpha value is -2.38. The number of thiophene rings is 1. The molecule has 1 atom stereocenters. The number of carboxylic acids is 1. The number of benzene rings is 1. The van der Waals surface area contributed by atoms with Crippen molar-refractivity contribution in [3.8, 4) is 0 Å². The number of nitrogens with two attached hydrogens (primary N) is 1. The number of amides is 1. The largest absolute Gasteiger partial charge is 0.477 e. The van der Waals surface area contributed by atoms with Crippen LogP contribution in [-0.4, -0.2) is 41.1 Å². The fourth-order valence-electron chi connectivity index (χ4n) is 3.16. The molecule has 138 valence electrons. The number of carbonyl (C=O) groups is 2. The summed E-state index contributed by atoms with van der Waals surface area (Å²) in [7, 11) is 0. The fourth-order valence-corrected chi connectivity index (χ4v) is 4.01. The van der Waals surface area contributed by atoms with Gasteiger partial charge in [0.15, 0.2) is 0 Å². The van der Waals surface area contributed by atoms with Gasteiger partial charge in [0, 0.05) is 17.8 Å². The number of ether oxygens (including phenoxy) is 1. The van der Waals surface area contributed by atoms with Crippen LogP contribution in [0, 0.1) is 0 Å². The SMILES string of the molecule is Nc1cc(COC[C@H]2CCC(=O)N2CCc2ccccc2)sc1C(=O)O. The van der Waals surface area contributed by atoms with Crippen molar-refractivity contribution in [1.29, 1.82) is 0 Å². The van der Waals surface area contributed by atoms with Gasteiger partial charge in [-0.15, -0.1) is 11.3 Å². The monoisotopic (exact) mass is 374 g/mol. The van der Waals surface area contributed by atoms with Crippen LogP contribution in [0.4, 0.5) is 5.69 Å². The van der Waals surface area contributed by atoms with Crippen LogP contribution in [-0.2, 0) is 22.6 Å². The van der Waals surface area contributed by atoms with Crippen LogP contribution in [0.15, 0.2) is 36.4 Å². The van der Waals surface area contributed by atoms with Gasteiger partial charge in [-0.2, -0.15) is 0 Å².